The summed E-state index contributed by atoms with van der Waals surface area (Å²) in [5, 5.41) is 6.53. The zero-order valence-electron chi connectivity index (χ0n) is 20.2. The Labute approximate surface area is 197 Å². The summed E-state index contributed by atoms with van der Waals surface area (Å²) >= 11 is 0. The van der Waals surface area contributed by atoms with Gasteiger partial charge < -0.3 is 20.1 Å². The molecule has 2 atom stereocenters. The Morgan fingerprint density at radius 3 is 2.67 bits per heavy atom. The molecular weight excluding hydrogens is 418 g/mol. The van der Waals surface area contributed by atoms with Crippen LogP contribution in [-0.4, -0.2) is 55.6 Å². The third kappa shape index (κ3) is 5.81. The van der Waals surface area contributed by atoms with Crippen LogP contribution in [0.2, 0.25) is 0 Å². The molecule has 2 fully saturated rings. The molecule has 0 radical (unpaired) electrons. The summed E-state index contributed by atoms with van der Waals surface area (Å²) in [5.41, 5.74) is 0.744. The van der Waals surface area contributed by atoms with Gasteiger partial charge in [0, 0.05) is 12.6 Å². The van der Waals surface area contributed by atoms with Gasteiger partial charge in [0.1, 0.15) is 13.2 Å². The van der Waals surface area contributed by atoms with E-state index in [0.29, 0.717) is 26.3 Å². The van der Waals surface area contributed by atoms with Crippen LogP contribution >= 0.6 is 0 Å². The lowest BCUT2D eigenvalue weighted by atomic mass is 9.87. The van der Waals surface area contributed by atoms with E-state index in [9.17, 15) is 9.59 Å². The predicted molar refractivity (Wildman–Crippen MR) is 127 cm³/mol. The Balaban J connectivity index is 1.37. The van der Waals surface area contributed by atoms with E-state index in [1.807, 2.05) is 12.1 Å². The maximum absolute atomic E-state index is 13.2. The number of nitrogens with zero attached hydrogens (tertiary/aromatic N) is 1. The van der Waals surface area contributed by atoms with Crippen molar-refractivity contribution in [1.29, 1.82) is 0 Å². The van der Waals surface area contributed by atoms with Crippen molar-refractivity contribution in [3.05, 3.63) is 23.8 Å². The molecule has 2 unspecified atom stereocenters. The summed E-state index contributed by atoms with van der Waals surface area (Å²) in [7, 11) is 0. The molecule has 33 heavy (non-hydrogen) atoms. The first-order valence-electron chi connectivity index (χ1n) is 12.7. The number of piperidine rings is 1. The fraction of sp³-hybridized carbons (Fsp3) is 0.692. The summed E-state index contributed by atoms with van der Waals surface area (Å²) in [4.78, 5) is 28.0. The highest BCUT2D eigenvalue weighted by Crippen LogP contribution is 2.42. The van der Waals surface area contributed by atoms with E-state index in [1.54, 1.807) is 0 Å². The van der Waals surface area contributed by atoms with E-state index < -0.39 is 0 Å². The number of amides is 2. The van der Waals surface area contributed by atoms with Crippen LogP contribution in [0, 0.1) is 5.92 Å². The number of hydrogen-bond donors (Lipinski definition) is 2. The van der Waals surface area contributed by atoms with Gasteiger partial charge in [0.2, 0.25) is 11.8 Å². The molecule has 2 heterocycles. The van der Waals surface area contributed by atoms with E-state index in [4.69, 9.17) is 9.47 Å². The molecule has 1 saturated heterocycles. The predicted octanol–water partition coefficient (Wildman–Crippen LogP) is 3.36. The first kappa shape index (κ1) is 23.9. The Morgan fingerprint density at radius 1 is 1.15 bits per heavy atom. The number of likely N-dealkylation sites (tertiary alicyclic amines) is 1. The highest BCUT2D eigenvalue weighted by Gasteiger charge is 2.38. The first-order chi connectivity index (χ1) is 16.0. The van der Waals surface area contributed by atoms with E-state index in [-0.39, 0.29) is 29.3 Å². The van der Waals surface area contributed by atoms with Crippen molar-refractivity contribution in [1.82, 2.24) is 15.5 Å². The quantitative estimate of drug-likeness (QED) is 0.626. The van der Waals surface area contributed by atoms with Crippen LogP contribution in [0.5, 0.6) is 11.5 Å². The molecule has 0 aromatic heterocycles. The van der Waals surface area contributed by atoms with Gasteiger partial charge in [-0.25, -0.2) is 0 Å². The summed E-state index contributed by atoms with van der Waals surface area (Å²) in [6, 6.07) is 6.27. The Kier molecular flexibility index (Phi) is 7.78. The summed E-state index contributed by atoms with van der Waals surface area (Å²) < 4.78 is 11.5. The maximum atomic E-state index is 13.2. The van der Waals surface area contributed by atoms with E-state index in [1.165, 1.54) is 0 Å². The Morgan fingerprint density at radius 2 is 1.91 bits per heavy atom. The summed E-state index contributed by atoms with van der Waals surface area (Å²) in [6.45, 7) is 7.16. The average Bonchev–Trinajstić information content (AvgIpc) is 3.28. The van der Waals surface area contributed by atoms with Gasteiger partial charge in [-0.15, -0.1) is 0 Å². The number of benzene rings is 1. The molecule has 1 saturated carbocycles. The van der Waals surface area contributed by atoms with Crippen LogP contribution in [0.3, 0.4) is 0 Å². The van der Waals surface area contributed by atoms with Crippen LogP contribution < -0.4 is 20.1 Å². The third-order valence-electron chi connectivity index (χ3n) is 7.28. The molecule has 2 aliphatic heterocycles. The number of rotatable bonds is 8. The van der Waals surface area contributed by atoms with Crippen LogP contribution in [0.1, 0.15) is 70.8 Å². The lowest BCUT2D eigenvalue weighted by molar-refractivity contribution is -0.130. The first-order valence-corrected chi connectivity index (χ1v) is 12.7. The Bertz CT molecular complexity index is 837. The second-order valence-corrected chi connectivity index (χ2v) is 9.97. The van der Waals surface area contributed by atoms with Crippen molar-refractivity contribution in [2.75, 3.05) is 32.8 Å². The minimum absolute atomic E-state index is 0.0344. The van der Waals surface area contributed by atoms with Gasteiger partial charge in [0.25, 0.3) is 0 Å². The topological polar surface area (TPSA) is 79.9 Å². The molecule has 7 heteroatoms. The summed E-state index contributed by atoms with van der Waals surface area (Å²) in [5.74, 6) is 1.66. The van der Waals surface area contributed by atoms with Gasteiger partial charge in [-0.1, -0.05) is 32.3 Å². The lowest BCUT2D eigenvalue weighted by Gasteiger charge is -2.35. The van der Waals surface area contributed by atoms with Crippen molar-refractivity contribution < 1.29 is 19.1 Å². The SMILES string of the molecule is CCCC(C)NC(=O)C1CCCN(CC(=O)NC2(c3ccc4c(c3)OCCO4)CCCC2)C1. The standard InChI is InChI=1S/C26H39N3O4/c1-3-7-19(2)27-25(31)20-8-6-13-29(17-20)18-24(30)28-26(11-4-5-12-26)21-9-10-22-23(16-21)33-15-14-32-22/h9-10,16,19-20H,3-8,11-15,17-18H2,1-2H3,(H,27,31)(H,28,30). The van der Waals surface area contributed by atoms with Crippen molar-refractivity contribution in [2.45, 2.75) is 76.8 Å². The second-order valence-electron chi connectivity index (χ2n) is 9.97. The molecule has 0 bridgehead atoms. The second kappa shape index (κ2) is 10.8. The largest absolute Gasteiger partial charge is 0.486 e. The molecule has 0 spiro atoms. The zero-order chi connectivity index (χ0) is 23.3. The zero-order valence-corrected chi connectivity index (χ0v) is 20.2. The van der Waals surface area contributed by atoms with Crippen molar-refractivity contribution in [3.63, 3.8) is 0 Å². The van der Waals surface area contributed by atoms with Crippen LogP contribution in [0.25, 0.3) is 0 Å². The third-order valence-corrected chi connectivity index (χ3v) is 7.28. The highest BCUT2D eigenvalue weighted by atomic mass is 16.6. The number of carbonyl (C=O) groups is 2. The van der Waals surface area contributed by atoms with Gasteiger partial charge in [-0.05, 0) is 63.3 Å². The van der Waals surface area contributed by atoms with Gasteiger partial charge in [0.05, 0.1) is 18.0 Å². The normalized spacial score (nSPS) is 23.0. The van der Waals surface area contributed by atoms with Crippen LogP contribution in [0.15, 0.2) is 18.2 Å². The molecule has 2 N–H and O–H groups in total. The van der Waals surface area contributed by atoms with Crippen LogP contribution in [-0.2, 0) is 15.1 Å². The molecule has 182 valence electrons. The minimum atomic E-state index is -0.352. The van der Waals surface area contributed by atoms with Gasteiger partial charge in [-0.2, -0.15) is 0 Å². The number of nitrogens with one attached hydrogen (secondary N) is 2. The van der Waals surface area contributed by atoms with E-state index >= 15 is 0 Å². The number of fused-ring (bicyclic) bond motifs is 1. The minimum Gasteiger partial charge on any atom is -0.486 e. The molecule has 3 aliphatic rings. The molecule has 2 amide bonds. The molecule has 7 nitrogen and oxygen atoms in total. The maximum Gasteiger partial charge on any atom is 0.234 e. The molecule has 4 rings (SSSR count). The number of carbonyl (C=O) groups excluding carboxylic acids is 2. The van der Waals surface area contributed by atoms with E-state index in [0.717, 1.165) is 75.0 Å². The smallest absolute Gasteiger partial charge is 0.234 e. The van der Waals surface area contributed by atoms with Crippen molar-refractivity contribution in [2.24, 2.45) is 5.92 Å². The van der Waals surface area contributed by atoms with Gasteiger partial charge in [-0.3, -0.25) is 14.5 Å². The van der Waals surface area contributed by atoms with Gasteiger partial charge in [0.15, 0.2) is 11.5 Å². The fourth-order valence-electron chi connectivity index (χ4n) is 5.59. The van der Waals surface area contributed by atoms with Crippen molar-refractivity contribution >= 4 is 11.8 Å². The molecule has 1 aliphatic carbocycles. The summed E-state index contributed by atoms with van der Waals surface area (Å²) in [6.07, 6.45) is 7.94. The number of ether oxygens (including phenoxy) is 2. The molecule has 1 aromatic carbocycles. The average molecular weight is 458 g/mol. The molecular formula is C26H39N3O4. The van der Waals surface area contributed by atoms with Crippen LogP contribution in [0.4, 0.5) is 0 Å². The highest BCUT2D eigenvalue weighted by molar-refractivity contribution is 5.81. The van der Waals surface area contributed by atoms with E-state index in [2.05, 4.69) is 35.4 Å². The fourth-order valence-corrected chi connectivity index (χ4v) is 5.59. The van der Waals surface area contributed by atoms with Gasteiger partial charge >= 0.3 is 0 Å². The Hall–Kier alpha value is -2.28. The monoisotopic (exact) mass is 457 g/mol. The lowest BCUT2D eigenvalue weighted by Crippen LogP contribution is -2.51. The number of hydrogen-bond acceptors (Lipinski definition) is 5. The molecule has 1 aromatic rings. The van der Waals surface area contributed by atoms with Crippen molar-refractivity contribution in [3.8, 4) is 11.5 Å².